The lowest BCUT2D eigenvalue weighted by molar-refractivity contribution is -0.149. The zero-order valence-electron chi connectivity index (χ0n) is 71.3. The van der Waals surface area contributed by atoms with Gasteiger partial charge in [-0.3, -0.25) is 4.79 Å². The molecule has 0 unspecified atom stereocenters. The zero-order valence-corrected chi connectivity index (χ0v) is 72.9. The van der Waals surface area contributed by atoms with E-state index in [2.05, 4.69) is 97.7 Å². The molecule has 21 heteroatoms. The fraction of sp³-hybridized carbons (Fsp3) is 0.619. The van der Waals surface area contributed by atoms with Crippen molar-refractivity contribution in [3.8, 4) is 48.6 Å². The highest BCUT2D eigenvalue weighted by Crippen LogP contribution is 2.25. The number of carbonyl (C=O) groups is 4. The predicted octanol–water partition coefficient (Wildman–Crippen LogP) is 20.0. The van der Waals surface area contributed by atoms with Gasteiger partial charge < -0.3 is 34.3 Å². The van der Waals surface area contributed by atoms with Gasteiger partial charge in [0.25, 0.3) is 0 Å². The molecule has 105 heavy (non-hydrogen) atoms. The second-order valence-electron chi connectivity index (χ2n) is 34.9. The van der Waals surface area contributed by atoms with E-state index in [1.165, 1.54) is 14.0 Å². The third kappa shape index (κ3) is 82.4. The summed E-state index contributed by atoms with van der Waals surface area (Å²) >= 11 is 10.3. The van der Waals surface area contributed by atoms with Crippen molar-refractivity contribution < 1.29 is 42.9 Å². The predicted molar refractivity (Wildman–Crippen MR) is 434 cm³/mol. The summed E-state index contributed by atoms with van der Waals surface area (Å²) in [5, 5.41) is 76.0. The molecule has 0 aliphatic carbocycles. The fourth-order valence-corrected chi connectivity index (χ4v) is 6.92. The van der Waals surface area contributed by atoms with Crippen LogP contribution < -0.4 is 10.6 Å². The summed E-state index contributed by atoms with van der Waals surface area (Å²) in [6.07, 6.45) is 13.9. The van der Waals surface area contributed by atoms with Crippen LogP contribution in [0.25, 0.3) is 0 Å². The Balaban J connectivity index is -0.000000172. The Hall–Kier alpha value is -8.80. The molecule has 0 rings (SSSR count). The minimum atomic E-state index is -0.565. The average Bonchev–Trinajstić information content (AvgIpc) is 0.903. The van der Waals surface area contributed by atoms with E-state index in [9.17, 15) is 19.2 Å². The number of hydrogen-bond acceptors (Lipinski definition) is 19. The fourth-order valence-electron chi connectivity index (χ4n) is 6.54. The van der Waals surface area contributed by atoms with Crippen LogP contribution in [0.2, 0.25) is 0 Å². The molecule has 0 atom stereocenters. The lowest BCUT2D eigenvalue weighted by Gasteiger charge is -2.20. The summed E-state index contributed by atoms with van der Waals surface area (Å²) in [7, 11) is 3.14. The first-order valence-electron chi connectivity index (χ1n) is 34.3. The van der Waals surface area contributed by atoms with Crippen LogP contribution in [-0.4, -0.2) is 85.9 Å². The number of rotatable bonds is 14. The topological polar surface area (TPSA) is 329 Å². The van der Waals surface area contributed by atoms with E-state index in [0.29, 0.717) is 52.2 Å². The molecule has 0 amide bonds. The van der Waals surface area contributed by atoms with E-state index < -0.39 is 23.5 Å². The normalized spacial score (nSPS) is 12.6. The van der Waals surface area contributed by atoms with Crippen LogP contribution in [0, 0.1) is 139 Å². The Bertz CT molecular complexity index is 3430. The van der Waals surface area contributed by atoms with E-state index in [1.807, 2.05) is 186 Å². The molecular weight excluding hydrogens is 1360 g/mol. The number of ketones is 1. The molecule has 584 valence electrons. The molecule has 19 nitrogen and oxygen atoms in total. The standard InChI is InChI=1S/C13H22N2S.C12H19NO2.C11H18N2OS.C11H17NO2.C10H15NO2.C10H15NO.C9H13NO.C8H13N/c1-12(2,3)7-10(8-14)11(16)15-9-13(4,5)6;1-11(2,3)7-9(8-13)10(14)15-12(4,5)6;1-11(2,3)7-9(8-12)10(15)13-5-6-14-4;1-8(2)14-10(13)9(7-12)6-11(3,4)5;1-5-13-9(12)8(7-11)6-10(2,3)4;1-8(12-5)9(7-11)6-10(2,3)4;1-7(11)8(6-10)5-9(2,3)4;1-7(6-9)5-8(2,3)4/h7H,9H2,1-6H3,(H,15,16);7H,1-6H3;7H,5-6H2,1-4H3,(H,13,15);6,8H,1-5H3;6H,5H2,1-4H3;6H,1H2,2-5H3;5H,1-4H3;5H,1-4H3/b10-7+;2*9-7+;9-6+;8-6+;9-6+;8-5+;7-5+. The number of nitrogens with one attached hydrogen (secondary N) is 2. The van der Waals surface area contributed by atoms with Crippen LogP contribution in [0.3, 0.4) is 0 Å². The first-order valence-corrected chi connectivity index (χ1v) is 35.1. The molecule has 2 N–H and O–H groups in total. The Kier molecular flexibility index (Phi) is 56.6. The van der Waals surface area contributed by atoms with Crippen molar-refractivity contribution in [3.63, 3.8) is 0 Å². The first-order chi connectivity index (χ1) is 46.9. The highest BCUT2D eigenvalue weighted by atomic mass is 32.1. The van der Waals surface area contributed by atoms with Crippen LogP contribution in [0.5, 0.6) is 0 Å². The average molecular weight is 1490 g/mol. The number of nitrogens with zero attached hydrogens (tertiary/aromatic N) is 8. The third-order valence-electron chi connectivity index (χ3n) is 10.2. The number of Topliss-reactive ketones (excluding diaryl/α,β-unsaturated/α-hetero) is 1. The van der Waals surface area contributed by atoms with Gasteiger partial charge in [-0.05, 0) is 104 Å². The summed E-state index contributed by atoms with van der Waals surface area (Å²) in [5.74, 6) is -1.38. The maximum absolute atomic E-state index is 11.6. The second kappa shape index (κ2) is 53.0. The summed E-state index contributed by atoms with van der Waals surface area (Å²) < 4.78 is 24.5. The molecule has 0 aromatic heterocycles. The number of esters is 3. The summed E-state index contributed by atoms with van der Waals surface area (Å²) in [6.45, 7) is 73.7. The number of hydrogen-bond donors (Lipinski definition) is 2. The molecular formula is C84H132N10O9S2. The van der Waals surface area contributed by atoms with E-state index in [-0.39, 0.29) is 82.9 Å². The molecule has 0 aromatic rings. The number of carbonyl (C=O) groups excluding carboxylic acids is 4. The Morgan fingerprint density at radius 1 is 0.419 bits per heavy atom. The number of methoxy groups -OCH3 is 2. The lowest BCUT2D eigenvalue weighted by atomic mass is 9.93. The molecule has 0 saturated carbocycles. The summed E-state index contributed by atoms with van der Waals surface area (Å²) in [5.41, 5.74) is 1.81. The molecule has 0 heterocycles. The van der Waals surface area contributed by atoms with Crippen molar-refractivity contribution in [2.24, 2.45) is 48.7 Å². The molecule has 0 spiro atoms. The number of nitriles is 8. The van der Waals surface area contributed by atoms with Crippen molar-refractivity contribution in [2.45, 2.75) is 254 Å². The summed E-state index contributed by atoms with van der Waals surface area (Å²) in [6, 6.07) is 15.8. The van der Waals surface area contributed by atoms with Gasteiger partial charge in [-0.1, -0.05) is 267 Å². The van der Waals surface area contributed by atoms with Crippen molar-refractivity contribution in [3.05, 3.63) is 106 Å². The largest absolute Gasteiger partial charge is 0.496 e. The lowest BCUT2D eigenvalue weighted by Crippen LogP contribution is -2.32. The van der Waals surface area contributed by atoms with E-state index in [1.54, 1.807) is 73.0 Å². The highest BCUT2D eigenvalue weighted by Gasteiger charge is 2.23. The van der Waals surface area contributed by atoms with Crippen molar-refractivity contribution >= 4 is 58.1 Å². The van der Waals surface area contributed by atoms with Gasteiger partial charge in [-0.25, -0.2) is 14.4 Å². The molecule has 0 aliphatic rings. The molecule has 0 bridgehead atoms. The van der Waals surface area contributed by atoms with Gasteiger partial charge in [0.05, 0.1) is 54.8 Å². The zero-order chi connectivity index (χ0) is 85.3. The molecule has 0 saturated heterocycles. The Labute approximate surface area is 647 Å². The first kappa shape index (κ1) is 112. The van der Waals surface area contributed by atoms with Crippen LogP contribution in [0.1, 0.15) is 242 Å². The molecule has 0 radical (unpaired) electrons. The van der Waals surface area contributed by atoms with Crippen molar-refractivity contribution in [2.75, 3.05) is 40.5 Å². The highest BCUT2D eigenvalue weighted by molar-refractivity contribution is 7.81. The monoisotopic (exact) mass is 1490 g/mol. The quantitative estimate of drug-likeness (QED) is 0.0238. The van der Waals surface area contributed by atoms with Crippen molar-refractivity contribution in [1.29, 1.82) is 42.1 Å². The van der Waals surface area contributed by atoms with Gasteiger partial charge in [0, 0.05) is 25.8 Å². The number of allylic oxidation sites excluding steroid dienone is 11. The second-order valence-corrected chi connectivity index (χ2v) is 35.7. The minimum absolute atomic E-state index is 0.0213. The van der Waals surface area contributed by atoms with Crippen LogP contribution in [0.4, 0.5) is 0 Å². The van der Waals surface area contributed by atoms with E-state index in [0.717, 1.165) is 12.1 Å². The molecule has 0 aromatic carbocycles. The SMILES string of the molecule is C/C(C#N)=C\C(C)(C)C.C=C(OC)/C(C#N)=C/C(C)(C)C.CC(=O)/C(C#N)=C/C(C)(C)C.CC(C)(C)/C=C(\C#N)C(=O)OC(C)(C)C.CC(C)(C)/C=C(\C#N)C(=S)NCC(C)(C)C.CC(C)OC(=O)/C(C#N)=C/C(C)(C)C.CCOC(=O)/C(C#N)=C/C(C)(C)C.COCCNC(=S)/C(C#N)=C/C(C)(C)C. The van der Waals surface area contributed by atoms with Gasteiger partial charge in [0.15, 0.2) is 5.78 Å². The van der Waals surface area contributed by atoms with Gasteiger partial charge in [-0.15, -0.1) is 0 Å². The van der Waals surface area contributed by atoms with Gasteiger partial charge in [-0.2, -0.15) is 42.1 Å². The molecule has 0 fully saturated rings. The van der Waals surface area contributed by atoms with E-state index >= 15 is 0 Å². The van der Waals surface area contributed by atoms with Crippen LogP contribution >= 0.6 is 24.4 Å². The number of ether oxygens (including phenoxy) is 5. The number of thiocarbonyl (C=S) groups is 2. The van der Waals surface area contributed by atoms with Gasteiger partial charge in [0.1, 0.15) is 80.5 Å². The van der Waals surface area contributed by atoms with Crippen LogP contribution in [-0.2, 0) is 42.9 Å². The smallest absolute Gasteiger partial charge is 0.349 e. The molecule has 0 aliphatic heterocycles. The van der Waals surface area contributed by atoms with Gasteiger partial charge in [0.2, 0.25) is 0 Å². The summed E-state index contributed by atoms with van der Waals surface area (Å²) in [4.78, 5) is 45.8. The van der Waals surface area contributed by atoms with E-state index in [4.69, 9.17) is 90.2 Å². The third-order valence-corrected chi connectivity index (χ3v) is 10.9. The minimum Gasteiger partial charge on any atom is -0.496 e. The Morgan fingerprint density at radius 3 is 0.933 bits per heavy atom. The van der Waals surface area contributed by atoms with Gasteiger partial charge >= 0.3 is 17.9 Å². The van der Waals surface area contributed by atoms with Crippen LogP contribution in [0.15, 0.2) is 106 Å². The maximum Gasteiger partial charge on any atom is 0.349 e. The maximum atomic E-state index is 11.6. The Morgan fingerprint density at radius 2 is 0.705 bits per heavy atom. The van der Waals surface area contributed by atoms with Crippen molar-refractivity contribution in [1.82, 2.24) is 10.6 Å².